The summed E-state index contributed by atoms with van der Waals surface area (Å²) < 4.78 is 0. The van der Waals surface area contributed by atoms with Crippen LogP contribution in [0.2, 0.25) is 0 Å². The van der Waals surface area contributed by atoms with Crippen molar-refractivity contribution in [1.29, 1.82) is 0 Å². The summed E-state index contributed by atoms with van der Waals surface area (Å²) in [4.78, 5) is 24.1. The van der Waals surface area contributed by atoms with Crippen molar-refractivity contribution in [3.8, 4) is 0 Å². The molecule has 1 heterocycles. The van der Waals surface area contributed by atoms with E-state index in [4.69, 9.17) is 0 Å². The van der Waals surface area contributed by atoms with Gasteiger partial charge < -0.3 is 0 Å². The number of hydrazine groups is 1. The third kappa shape index (κ3) is 2.50. The minimum atomic E-state index is -0.840. The second kappa shape index (κ2) is 5.53. The maximum Gasteiger partial charge on any atom is 0.265 e. The molecule has 0 unspecified atom stereocenters. The van der Waals surface area contributed by atoms with Gasteiger partial charge in [0.25, 0.3) is 5.91 Å². The largest absolute Gasteiger partial charge is 0.285 e. The highest BCUT2D eigenvalue weighted by Gasteiger charge is 2.54. The Hall–Kier alpha value is -2.21. The number of hydrogen-bond acceptors (Lipinski definition) is 4. The number of benzene rings is 1. The van der Waals surface area contributed by atoms with E-state index < -0.39 is 11.1 Å². The molecule has 0 fully saturated rings. The molecule has 0 bridgehead atoms. The van der Waals surface area contributed by atoms with Gasteiger partial charge in [0.2, 0.25) is 5.91 Å². The van der Waals surface area contributed by atoms with Gasteiger partial charge in [0.15, 0.2) is 0 Å². The number of nitrogens with zero attached hydrogens (tertiary/aromatic N) is 2. The zero-order valence-corrected chi connectivity index (χ0v) is 13.6. The average Bonchev–Trinajstić information content (AvgIpc) is 2.66. The Bertz CT molecular complexity index is 624. The van der Waals surface area contributed by atoms with Crippen molar-refractivity contribution in [2.45, 2.75) is 40.3 Å². The Labute approximate surface area is 130 Å². The van der Waals surface area contributed by atoms with Gasteiger partial charge in [-0.15, -0.1) is 0 Å². The van der Waals surface area contributed by atoms with Gasteiger partial charge >= 0.3 is 0 Å². The Morgan fingerprint density at radius 3 is 2.27 bits per heavy atom. The predicted octanol–water partition coefficient (Wildman–Crippen LogP) is 1.90. The van der Waals surface area contributed by atoms with Crippen LogP contribution in [0.5, 0.6) is 0 Å². The van der Waals surface area contributed by atoms with Gasteiger partial charge in [0.1, 0.15) is 5.66 Å². The van der Waals surface area contributed by atoms with Crippen LogP contribution in [0.25, 0.3) is 0 Å². The van der Waals surface area contributed by atoms with Crippen molar-refractivity contribution in [1.82, 2.24) is 15.9 Å². The summed E-state index contributed by atoms with van der Waals surface area (Å²) in [6.07, 6.45) is 0. The molecule has 6 nitrogen and oxygen atoms in total. The van der Waals surface area contributed by atoms with Gasteiger partial charge in [-0.05, 0) is 26.0 Å². The van der Waals surface area contributed by atoms with E-state index in [1.165, 1.54) is 11.9 Å². The van der Waals surface area contributed by atoms with E-state index >= 15 is 0 Å². The van der Waals surface area contributed by atoms with E-state index in [1.807, 2.05) is 33.8 Å². The molecular weight excluding hydrogens is 280 g/mol. The van der Waals surface area contributed by atoms with Crippen LogP contribution in [0.1, 0.15) is 45.0 Å². The summed E-state index contributed by atoms with van der Waals surface area (Å²) in [5.74, 6) is -0.445. The molecule has 6 heteroatoms. The lowest BCUT2D eigenvalue weighted by molar-refractivity contribution is -0.138. The monoisotopic (exact) mass is 302 g/mol. The summed E-state index contributed by atoms with van der Waals surface area (Å²) in [7, 11) is 0. The van der Waals surface area contributed by atoms with E-state index in [-0.39, 0.29) is 11.8 Å². The molecule has 1 atom stereocenters. The molecule has 2 amide bonds. The molecule has 1 aliphatic rings. The number of hydrogen-bond donors (Lipinski definition) is 2. The first-order valence-electron chi connectivity index (χ1n) is 7.19. The summed E-state index contributed by atoms with van der Waals surface area (Å²) in [6.45, 7) is 9.14. The number of nitrogens with one attached hydrogen (secondary N) is 2. The Kier molecular flexibility index (Phi) is 4.06. The molecule has 1 aromatic rings. The quantitative estimate of drug-likeness (QED) is 0.838. The van der Waals surface area contributed by atoms with Gasteiger partial charge in [0, 0.05) is 23.6 Å². The SMILES string of the molecule is CC(=O)N1N=C(C)C(C)(C)[C@]1(C)NNC(=O)c1ccccc1. The number of hydrazone groups is 1. The standard InChI is InChI=1S/C16H22N4O2/c1-11-15(3,4)16(5,20(18-11)12(2)21)19-17-14(22)13-9-7-6-8-10-13/h6-10,19H,1-5H3,(H,17,22)/t16-/m1/s1. The zero-order valence-electron chi connectivity index (χ0n) is 13.6. The smallest absolute Gasteiger partial charge is 0.265 e. The first kappa shape index (κ1) is 16.2. The van der Waals surface area contributed by atoms with Crippen LogP contribution in [-0.2, 0) is 4.79 Å². The van der Waals surface area contributed by atoms with Crippen LogP contribution in [0, 0.1) is 5.41 Å². The first-order valence-corrected chi connectivity index (χ1v) is 7.19. The number of carbonyl (C=O) groups excluding carboxylic acids is 2. The van der Waals surface area contributed by atoms with Crippen LogP contribution in [0.3, 0.4) is 0 Å². The van der Waals surface area contributed by atoms with E-state index in [2.05, 4.69) is 16.0 Å². The van der Waals surface area contributed by atoms with Crippen molar-refractivity contribution < 1.29 is 9.59 Å². The van der Waals surface area contributed by atoms with Crippen molar-refractivity contribution in [3.05, 3.63) is 35.9 Å². The molecule has 2 N–H and O–H groups in total. The Balaban J connectivity index is 2.19. The molecule has 0 saturated carbocycles. The average molecular weight is 302 g/mol. The van der Waals surface area contributed by atoms with Crippen molar-refractivity contribution in [3.63, 3.8) is 0 Å². The maximum absolute atomic E-state index is 12.2. The predicted molar refractivity (Wildman–Crippen MR) is 84.9 cm³/mol. The van der Waals surface area contributed by atoms with Crippen molar-refractivity contribution in [2.24, 2.45) is 10.5 Å². The Morgan fingerprint density at radius 1 is 1.14 bits per heavy atom. The van der Waals surface area contributed by atoms with Crippen LogP contribution in [-0.4, -0.2) is 28.2 Å². The fraction of sp³-hybridized carbons (Fsp3) is 0.438. The minimum absolute atomic E-state index is 0.186. The first-order chi connectivity index (χ1) is 10.2. The molecule has 0 radical (unpaired) electrons. The van der Waals surface area contributed by atoms with Crippen LogP contribution in [0.4, 0.5) is 0 Å². The van der Waals surface area contributed by atoms with Crippen molar-refractivity contribution in [2.75, 3.05) is 0 Å². The highest BCUT2D eigenvalue weighted by molar-refractivity contribution is 5.95. The molecule has 1 aromatic carbocycles. The third-order valence-corrected chi connectivity index (χ3v) is 4.55. The lowest BCUT2D eigenvalue weighted by Crippen LogP contribution is -2.66. The molecule has 0 aliphatic carbocycles. The highest BCUT2D eigenvalue weighted by Crippen LogP contribution is 2.40. The fourth-order valence-corrected chi connectivity index (χ4v) is 2.43. The van der Waals surface area contributed by atoms with E-state index in [1.54, 1.807) is 24.3 Å². The molecular formula is C16H22N4O2. The van der Waals surface area contributed by atoms with E-state index in [0.717, 1.165) is 5.71 Å². The lowest BCUT2D eigenvalue weighted by Gasteiger charge is -2.42. The fourth-order valence-electron chi connectivity index (χ4n) is 2.43. The maximum atomic E-state index is 12.2. The molecule has 1 aliphatic heterocycles. The third-order valence-electron chi connectivity index (χ3n) is 4.55. The molecule has 0 spiro atoms. The van der Waals surface area contributed by atoms with E-state index in [0.29, 0.717) is 5.56 Å². The molecule has 0 aromatic heterocycles. The summed E-state index contributed by atoms with van der Waals surface area (Å²) in [5, 5.41) is 5.71. The molecule has 2 rings (SSSR count). The van der Waals surface area contributed by atoms with Gasteiger partial charge in [0.05, 0.1) is 0 Å². The van der Waals surface area contributed by atoms with Gasteiger partial charge in [-0.3, -0.25) is 15.0 Å². The van der Waals surface area contributed by atoms with Gasteiger partial charge in [-0.2, -0.15) is 5.10 Å². The summed E-state index contributed by atoms with van der Waals surface area (Å²) >= 11 is 0. The highest BCUT2D eigenvalue weighted by atomic mass is 16.2. The van der Waals surface area contributed by atoms with Crippen LogP contribution in [0.15, 0.2) is 35.4 Å². The lowest BCUT2D eigenvalue weighted by atomic mass is 9.77. The van der Waals surface area contributed by atoms with E-state index in [9.17, 15) is 9.59 Å². The topological polar surface area (TPSA) is 73.8 Å². The Morgan fingerprint density at radius 2 is 1.73 bits per heavy atom. The van der Waals surface area contributed by atoms with Crippen molar-refractivity contribution >= 4 is 17.5 Å². The van der Waals surface area contributed by atoms with Gasteiger partial charge in [-0.1, -0.05) is 32.0 Å². The second-order valence-corrected chi connectivity index (χ2v) is 6.16. The van der Waals surface area contributed by atoms with Gasteiger partial charge in [-0.25, -0.2) is 10.4 Å². The minimum Gasteiger partial charge on any atom is -0.285 e. The molecule has 22 heavy (non-hydrogen) atoms. The zero-order chi connectivity index (χ0) is 16.5. The normalized spacial score (nSPS) is 23.1. The second-order valence-electron chi connectivity index (χ2n) is 6.16. The summed E-state index contributed by atoms with van der Waals surface area (Å²) in [5.41, 5.74) is 5.79. The number of carbonyl (C=O) groups is 2. The molecule has 118 valence electrons. The number of rotatable bonds is 3. The van der Waals surface area contributed by atoms with Crippen LogP contribution >= 0.6 is 0 Å². The number of amides is 2. The molecule has 0 saturated heterocycles. The summed E-state index contributed by atoms with van der Waals surface area (Å²) in [6, 6.07) is 8.89. The van der Waals surface area contributed by atoms with Crippen LogP contribution < -0.4 is 10.9 Å².